The molecule has 0 amide bonds. The molecule has 3 heteroatoms. The fourth-order valence-electron chi connectivity index (χ4n) is 2.36. The average Bonchev–Trinajstić information content (AvgIpc) is 2.28. The van der Waals surface area contributed by atoms with Crippen molar-refractivity contribution in [3.8, 4) is 0 Å². The van der Waals surface area contributed by atoms with Crippen molar-refractivity contribution in [3.05, 3.63) is 47.2 Å². The summed E-state index contributed by atoms with van der Waals surface area (Å²) in [5.41, 5.74) is 4.63. The summed E-state index contributed by atoms with van der Waals surface area (Å²) in [7, 11) is 1.72. The Hall–Kier alpha value is -1.77. The van der Waals surface area contributed by atoms with Gasteiger partial charge >= 0.3 is 0 Å². The minimum absolute atomic E-state index is 0.796. The van der Waals surface area contributed by atoms with Crippen LogP contribution in [0.3, 0.4) is 0 Å². The van der Waals surface area contributed by atoms with Gasteiger partial charge in [-0.25, -0.2) is 0 Å². The molecule has 0 aromatic heterocycles. The van der Waals surface area contributed by atoms with E-state index in [9.17, 15) is 0 Å². The molecule has 3 rings (SSSR count). The third kappa shape index (κ3) is 1.32. The molecule has 3 nitrogen and oxygen atoms in total. The predicted molar refractivity (Wildman–Crippen MR) is 63.8 cm³/mol. The van der Waals surface area contributed by atoms with Crippen molar-refractivity contribution in [3.63, 3.8) is 0 Å². The van der Waals surface area contributed by atoms with E-state index in [1.807, 2.05) is 6.92 Å². The number of nitrogens with zero attached hydrogens (tertiary/aromatic N) is 2. The highest BCUT2D eigenvalue weighted by Crippen LogP contribution is 2.32. The van der Waals surface area contributed by atoms with Gasteiger partial charge in [0.15, 0.2) is 0 Å². The highest BCUT2D eigenvalue weighted by molar-refractivity contribution is 6.05. The second-order valence-electron chi connectivity index (χ2n) is 4.18. The van der Waals surface area contributed by atoms with Gasteiger partial charge in [0.05, 0.1) is 24.2 Å². The third-order valence-electron chi connectivity index (χ3n) is 3.01. The monoisotopic (exact) mass is 214 g/mol. The number of allylic oxidation sites excluding steroid dienone is 6. The lowest BCUT2D eigenvalue weighted by Crippen LogP contribution is -2.31. The minimum Gasteiger partial charge on any atom is -0.501 e. The van der Waals surface area contributed by atoms with Crippen LogP contribution in [-0.2, 0) is 4.74 Å². The van der Waals surface area contributed by atoms with Crippen LogP contribution in [0.15, 0.2) is 52.1 Å². The van der Waals surface area contributed by atoms with Crippen LogP contribution in [0.25, 0.3) is 0 Å². The van der Waals surface area contributed by atoms with E-state index in [2.05, 4.69) is 34.3 Å². The first-order chi connectivity index (χ1) is 7.78. The number of hydrogen-bond donors (Lipinski definition) is 0. The van der Waals surface area contributed by atoms with Crippen LogP contribution in [0.4, 0.5) is 0 Å². The van der Waals surface area contributed by atoms with Crippen molar-refractivity contribution in [1.82, 2.24) is 4.90 Å². The summed E-state index contributed by atoms with van der Waals surface area (Å²) in [6.07, 6.45) is 9.32. The lowest BCUT2D eigenvalue weighted by molar-refractivity contribution is 0.285. The minimum atomic E-state index is 0.796. The van der Waals surface area contributed by atoms with Crippen molar-refractivity contribution in [2.24, 2.45) is 4.99 Å². The smallest absolute Gasteiger partial charge is 0.102 e. The summed E-state index contributed by atoms with van der Waals surface area (Å²) in [5.74, 6) is 0.985. The molecule has 0 spiro atoms. The fourth-order valence-corrected chi connectivity index (χ4v) is 2.36. The Bertz CT molecular complexity index is 492. The Labute approximate surface area is 95.1 Å². The van der Waals surface area contributed by atoms with Crippen LogP contribution in [0, 0.1) is 0 Å². The summed E-state index contributed by atoms with van der Waals surface area (Å²) < 4.78 is 5.34. The van der Waals surface area contributed by atoms with Gasteiger partial charge in [0.2, 0.25) is 0 Å². The van der Waals surface area contributed by atoms with Crippen molar-refractivity contribution in [2.45, 2.75) is 13.3 Å². The summed E-state index contributed by atoms with van der Waals surface area (Å²) in [5, 5.41) is 0. The van der Waals surface area contributed by atoms with E-state index in [0.717, 1.165) is 30.1 Å². The van der Waals surface area contributed by atoms with Crippen LogP contribution in [-0.4, -0.2) is 24.3 Å². The Morgan fingerprint density at radius 3 is 3.12 bits per heavy atom. The highest BCUT2D eigenvalue weighted by atomic mass is 16.5. The molecule has 82 valence electrons. The van der Waals surface area contributed by atoms with Gasteiger partial charge in [0.1, 0.15) is 5.76 Å². The molecular formula is C13H14N2O. The topological polar surface area (TPSA) is 24.8 Å². The Kier molecular flexibility index (Phi) is 1.99. The van der Waals surface area contributed by atoms with Crippen molar-refractivity contribution < 1.29 is 4.74 Å². The molecule has 2 heterocycles. The molecule has 0 N–H and O–H groups in total. The maximum absolute atomic E-state index is 5.34. The quantitative estimate of drug-likeness (QED) is 0.669. The first kappa shape index (κ1) is 9.46. The molecule has 2 aliphatic heterocycles. The normalized spacial score (nSPS) is 22.4. The van der Waals surface area contributed by atoms with E-state index < -0.39 is 0 Å². The molecule has 1 aliphatic carbocycles. The maximum Gasteiger partial charge on any atom is 0.102 e. The summed E-state index contributed by atoms with van der Waals surface area (Å²) in [6.45, 7) is 2.97. The highest BCUT2D eigenvalue weighted by Gasteiger charge is 2.27. The van der Waals surface area contributed by atoms with Gasteiger partial charge in [-0.1, -0.05) is 12.2 Å². The largest absolute Gasteiger partial charge is 0.501 e. The van der Waals surface area contributed by atoms with Crippen LogP contribution in [0.2, 0.25) is 0 Å². The maximum atomic E-state index is 5.34. The van der Waals surface area contributed by atoms with Gasteiger partial charge in [-0.3, -0.25) is 4.99 Å². The lowest BCUT2D eigenvalue weighted by atomic mass is 9.95. The van der Waals surface area contributed by atoms with Crippen LogP contribution >= 0.6 is 0 Å². The molecule has 0 radical (unpaired) electrons. The Morgan fingerprint density at radius 2 is 2.31 bits per heavy atom. The van der Waals surface area contributed by atoms with E-state index in [4.69, 9.17) is 4.74 Å². The zero-order valence-electron chi connectivity index (χ0n) is 9.53. The van der Waals surface area contributed by atoms with E-state index in [1.165, 1.54) is 11.3 Å². The second kappa shape index (κ2) is 3.37. The number of rotatable bonds is 1. The third-order valence-corrected chi connectivity index (χ3v) is 3.01. The van der Waals surface area contributed by atoms with Crippen molar-refractivity contribution in [2.75, 3.05) is 13.7 Å². The van der Waals surface area contributed by atoms with Gasteiger partial charge in [-0.2, -0.15) is 0 Å². The summed E-state index contributed by atoms with van der Waals surface area (Å²) in [6, 6.07) is 0. The molecule has 0 unspecified atom stereocenters. The molecule has 0 saturated carbocycles. The van der Waals surface area contributed by atoms with Gasteiger partial charge in [-0.05, 0) is 13.0 Å². The van der Waals surface area contributed by atoms with Gasteiger partial charge in [-0.15, -0.1) is 0 Å². The number of aliphatic imine (C=N–C) groups is 1. The first-order valence-corrected chi connectivity index (χ1v) is 5.46. The van der Waals surface area contributed by atoms with E-state index in [1.54, 1.807) is 7.11 Å². The Morgan fingerprint density at radius 1 is 1.44 bits per heavy atom. The van der Waals surface area contributed by atoms with Gasteiger partial charge in [0, 0.05) is 24.7 Å². The molecule has 0 atom stereocenters. The molecule has 0 aromatic carbocycles. The predicted octanol–water partition coefficient (Wildman–Crippen LogP) is 2.36. The molecule has 0 fully saturated rings. The van der Waals surface area contributed by atoms with E-state index >= 15 is 0 Å². The molecular weight excluding hydrogens is 200 g/mol. The molecule has 16 heavy (non-hydrogen) atoms. The van der Waals surface area contributed by atoms with E-state index in [0.29, 0.717) is 0 Å². The number of methoxy groups -OCH3 is 1. The fraction of sp³-hybridized carbons (Fsp3) is 0.308. The Balaban J connectivity index is 2.14. The van der Waals surface area contributed by atoms with Crippen LogP contribution in [0.5, 0.6) is 0 Å². The average molecular weight is 214 g/mol. The number of hydrogen-bond acceptors (Lipinski definition) is 3. The molecule has 3 aliphatic rings. The first-order valence-electron chi connectivity index (χ1n) is 5.46. The zero-order valence-corrected chi connectivity index (χ0v) is 9.53. The van der Waals surface area contributed by atoms with Crippen LogP contribution in [0.1, 0.15) is 13.3 Å². The molecule has 0 aromatic rings. The van der Waals surface area contributed by atoms with Crippen LogP contribution < -0.4 is 0 Å². The van der Waals surface area contributed by atoms with E-state index in [-0.39, 0.29) is 0 Å². The summed E-state index contributed by atoms with van der Waals surface area (Å²) >= 11 is 0. The zero-order chi connectivity index (χ0) is 11.1. The SMILES string of the molecule is COC1=CC2=C3C(=NC(C)=CN3CC=C2)C1. The lowest BCUT2D eigenvalue weighted by Gasteiger charge is -2.33. The van der Waals surface area contributed by atoms with Crippen molar-refractivity contribution in [1.29, 1.82) is 0 Å². The van der Waals surface area contributed by atoms with Crippen molar-refractivity contribution >= 4 is 5.71 Å². The van der Waals surface area contributed by atoms with Gasteiger partial charge < -0.3 is 9.64 Å². The number of ether oxygens (including phenoxy) is 1. The standard InChI is InChI=1S/C13H14N2O/c1-9-8-15-5-3-4-10-6-11(16-2)7-12(14-9)13(10)15/h3-4,6,8H,5,7H2,1-2H3. The summed E-state index contributed by atoms with van der Waals surface area (Å²) in [4.78, 5) is 6.87. The van der Waals surface area contributed by atoms with Gasteiger partial charge in [0.25, 0.3) is 0 Å². The molecule has 0 saturated heterocycles. The second-order valence-corrected chi connectivity index (χ2v) is 4.18. The molecule has 0 bridgehead atoms.